The van der Waals surface area contributed by atoms with E-state index < -0.39 is 30.5 Å². The zero-order valence-corrected chi connectivity index (χ0v) is 17.3. The van der Waals surface area contributed by atoms with Crippen LogP contribution in [-0.2, 0) is 14.3 Å². The van der Waals surface area contributed by atoms with E-state index in [1.807, 2.05) is 30.3 Å². The van der Waals surface area contributed by atoms with Crippen molar-refractivity contribution in [2.24, 2.45) is 0 Å². The van der Waals surface area contributed by atoms with Gasteiger partial charge >= 0.3 is 11.9 Å². The predicted octanol–water partition coefficient (Wildman–Crippen LogP) is 3.59. The van der Waals surface area contributed by atoms with Gasteiger partial charge < -0.3 is 24.2 Å². The number of carbonyl (C=O) groups excluding carboxylic acids is 3. The SMILES string of the molecule is CCOC(=O)c1c(C)[nH]c(C(=O)OCC(=O)N[C@@H](C)c2cc3ccccc3o2)c1C. The largest absolute Gasteiger partial charge is 0.462 e. The van der Waals surface area contributed by atoms with Gasteiger partial charge in [0.15, 0.2) is 6.61 Å². The number of nitrogens with one attached hydrogen (secondary N) is 2. The summed E-state index contributed by atoms with van der Waals surface area (Å²) in [6, 6.07) is 9.00. The molecule has 3 rings (SSSR count). The van der Waals surface area contributed by atoms with Crippen LogP contribution in [0, 0.1) is 13.8 Å². The van der Waals surface area contributed by atoms with E-state index in [1.54, 1.807) is 27.7 Å². The first-order valence-corrected chi connectivity index (χ1v) is 9.63. The van der Waals surface area contributed by atoms with Crippen LogP contribution in [0.5, 0.6) is 0 Å². The Morgan fingerprint density at radius 1 is 1.13 bits per heavy atom. The number of hydrogen-bond donors (Lipinski definition) is 2. The maximum atomic E-state index is 12.4. The van der Waals surface area contributed by atoms with E-state index in [1.165, 1.54) is 0 Å². The lowest BCUT2D eigenvalue weighted by molar-refractivity contribution is -0.125. The number of aryl methyl sites for hydroxylation is 1. The van der Waals surface area contributed by atoms with Gasteiger partial charge in [0, 0.05) is 11.1 Å². The molecule has 1 atom stereocenters. The Morgan fingerprint density at radius 2 is 1.87 bits per heavy atom. The van der Waals surface area contributed by atoms with Crippen molar-refractivity contribution in [2.75, 3.05) is 13.2 Å². The van der Waals surface area contributed by atoms with Crippen LogP contribution < -0.4 is 5.32 Å². The molecule has 0 radical (unpaired) electrons. The molecule has 158 valence electrons. The highest BCUT2D eigenvalue weighted by Crippen LogP contribution is 2.23. The van der Waals surface area contributed by atoms with Crippen molar-refractivity contribution in [3.63, 3.8) is 0 Å². The fourth-order valence-corrected chi connectivity index (χ4v) is 3.24. The number of para-hydroxylation sites is 1. The fourth-order valence-electron chi connectivity index (χ4n) is 3.24. The molecule has 2 N–H and O–H groups in total. The molecule has 0 saturated heterocycles. The molecule has 0 saturated carbocycles. The van der Waals surface area contributed by atoms with Gasteiger partial charge in [0.2, 0.25) is 0 Å². The topological polar surface area (TPSA) is 111 Å². The van der Waals surface area contributed by atoms with Gasteiger partial charge in [-0.3, -0.25) is 4.79 Å². The number of fused-ring (bicyclic) bond motifs is 1. The van der Waals surface area contributed by atoms with E-state index in [2.05, 4.69) is 10.3 Å². The van der Waals surface area contributed by atoms with Gasteiger partial charge in [-0.1, -0.05) is 18.2 Å². The molecule has 0 fully saturated rings. The van der Waals surface area contributed by atoms with E-state index in [0.29, 0.717) is 22.6 Å². The third-order valence-corrected chi connectivity index (χ3v) is 4.70. The number of hydrogen-bond acceptors (Lipinski definition) is 6. The minimum Gasteiger partial charge on any atom is -0.462 e. The Labute approximate surface area is 173 Å². The molecule has 0 aliphatic heterocycles. The van der Waals surface area contributed by atoms with Crippen LogP contribution in [0.1, 0.15) is 57.8 Å². The molecular formula is C22H24N2O6. The summed E-state index contributed by atoms with van der Waals surface area (Å²) in [5.41, 5.74) is 2.07. The molecule has 0 aliphatic rings. The minimum atomic E-state index is -0.724. The number of benzene rings is 1. The first-order valence-electron chi connectivity index (χ1n) is 9.63. The Balaban J connectivity index is 1.60. The number of aromatic amines is 1. The van der Waals surface area contributed by atoms with Gasteiger partial charge in [0.05, 0.1) is 18.2 Å². The van der Waals surface area contributed by atoms with E-state index >= 15 is 0 Å². The average molecular weight is 412 g/mol. The third-order valence-electron chi connectivity index (χ3n) is 4.70. The maximum Gasteiger partial charge on any atom is 0.355 e. The molecular weight excluding hydrogens is 388 g/mol. The number of amides is 1. The maximum absolute atomic E-state index is 12.4. The number of aromatic nitrogens is 1. The average Bonchev–Trinajstić information content (AvgIpc) is 3.27. The summed E-state index contributed by atoms with van der Waals surface area (Å²) in [5, 5.41) is 3.68. The molecule has 2 heterocycles. The van der Waals surface area contributed by atoms with Crippen molar-refractivity contribution in [1.82, 2.24) is 10.3 Å². The molecule has 0 unspecified atom stereocenters. The Bertz CT molecular complexity index is 1060. The number of furan rings is 1. The fraction of sp³-hybridized carbons (Fsp3) is 0.318. The third kappa shape index (κ3) is 4.37. The predicted molar refractivity (Wildman–Crippen MR) is 109 cm³/mol. The van der Waals surface area contributed by atoms with Gasteiger partial charge in [-0.05, 0) is 45.4 Å². The summed E-state index contributed by atoms with van der Waals surface area (Å²) >= 11 is 0. The number of H-pyrrole nitrogens is 1. The van der Waals surface area contributed by atoms with Crippen molar-refractivity contribution >= 4 is 28.8 Å². The van der Waals surface area contributed by atoms with Gasteiger partial charge in [-0.15, -0.1) is 0 Å². The molecule has 8 nitrogen and oxygen atoms in total. The number of esters is 2. The van der Waals surface area contributed by atoms with Crippen molar-refractivity contribution in [1.29, 1.82) is 0 Å². The lowest BCUT2D eigenvalue weighted by Gasteiger charge is -2.11. The number of ether oxygens (including phenoxy) is 2. The van der Waals surface area contributed by atoms with Crippen LogP contribution in [0.15, 0.2) is 34.7 Å². The molecule has 0 spiro atoms. The summed E-state index contributed by atoms with van der Waals surface area (Å²) < 4.78 is 15.8. The summed E-state index contributed by atoms with van der Waals surface area (Å²) in [6.45, 7) is 6.53. The second-order valence-corrected chi connectivity index (χ2v) is 6.90. The molecule has 8 heteroatoms. The molecule has 3 aromatic rings. The Morgan fingerprint density at radius 3 is 2.57 bits per heavy atom. The van der Waals surface area contributed by atoms with Crippen LogP contribution >= 0.6 is 0 Å². The second-order valence-electron chi connectivity index (χ2n) is 6.90. The van der Waals surface area contributed by atoms with Crippen LogP contribution in [0.25, 0.3) is 11.0 Å². The van der Waals surface area contributed by atoms with E-state index in [4.69, 9.17) is 13.9 Å². The number of rotatable bonds is 7. The van der Waals surface area contributed by atoms with Gasteiger partial charge in [-0.2, -0.15) is 0 Å². The first-order chi connectivity index (χ1) is 14.3. The quantitative estimate of drug-likeness (QED) is 0.574. The van der Waals surface area contributed by atoms with Crippen LogP contribution in [-0.4, -0.2) is 36.0 Å². The monoisotopic (exact) mass is 412 g/mol. The molecule has 0 aliphatic carbocycles. The summed E-state index contributed by atoms with van der Waals surface area (Å²) in [4.78, 5) is 39.5. The van der Waals surface area contributed by atoms with Crippen molar-refractivity contribution in [3.8, 4) is 0 Å². The summed E-state index contributed by atoms with van der Waals surface area (Å²) in [5.74, 6) is -1.11. The zero-order valence-electron chi connectivity index (χ0n) is 17.3. The number of carbonyl (C=O) groups is 3. The Hall–Kier alpha value is -3.55. The zero-order chi connectivity index (χ0) is 21.8. The molecule has 2 aromatic heterocycles. The Kier molecular flexibility index (Phi) is 6.25. The molecule has 30 heavy (non-hydrogen) atoms. The lowest BCUT2D eigenvalue weighted by Crippen LogP contribution is -2.31. The van der Waals surface area contributed by atoms with E-state index in [-0.39, 0.29) is 12.3 Å². The van der Waals surface area contributed by atoms with Crippen molar-refractivity contribution in [2.45, 2.75) is 33.7 Å². The summed E-state index contributed by atoms with van der Waals surface area (Å²) in [7, 11) is 0. The molecule has 1 amide bonds. The van der Waals surface area contributed by atoms with E-state index in [0.717, 1.165) is 11.0 Å². The van der Waals surface area contributed by atoms with Gasteiger partial charge in [0.1, 0.15) is 17.0 Å². The van der Waals surface area contributed by atoms with Crippen molar-refractivity contribution in [3.05, 3.63) is 58.6 Å². The minimum absolute atomic E-state index is 0.119. The highest BCUT2D eigenvalue weighted by Gasteiger charge is 2.24. The standard InChI is InChI=1S/C22H24N2O6/c1-5-28-21(26)19-12(2)20(24-14(19)4)22(27)29-11-18(25)23-13(3)17-10-15-8-6-7-9-16(15)30-17/h6-10,13,24H,5,11H2,1-4H3,(H,23,25)/t13-/m0/s1. The van der Waals surface area contributed by atoms with Gasteiger partial charge in [0.25, 0.3) is 5.91 Å². The first kappa shape index (κ1) is 21.2. The van der Waals surface area contributed by atoms with Crippen LogP contribution in [0.2, 0.25) is 0 Å². The normalized spacial score (nSPS) is 11.9. The van der Waals surface area contributed by atoms with Crippen LogP contribution in [0.3, 0.4) is 0 Å². The van der Waals surface area contributed by atoms with Crippen LogP contribution in [0.4, 0.5) is 0 Å². The van der Waals surface area contributed by atoms with E-state index in [9.17, 15) is 14.4 Å². The lowest BCUT2D eigenvalue weighted by atomic mass is 10.1. The van der Waals surface area contributed by atoms with Crippen molar-refractivity contribution < 1.29 is 28.3 Å². The molecule has 0 bridgehead atoms. The second kappa shape index (κ2) is 8.86. The summed E-state index contributed by atoms with van der Waals surface area (Å²) in [6.07, 6.45) is 0. The molecule has 1 aromatic carbocycles. The van der Waals surface area contributed by atoms with Gasteiger partial charge in [-0.25, -0.2) is 9.59 Å². The highest BCUT2D eigenvalue weighted by atomic mass is 16.5. The highest BCUT2D eigenvalue weighted by molar-refractivity contribution is 5.99. The smallest absolute Gasteiger partial charge is 0.355 e.